The van der Waals surface area contributed by atoms with Crippen LogP contribution >= 0.6 is 11.6 Å². The van der Waals surface area contributed by atoms with Crippen molar-refractivity contribution in [1.82, 2.24) is 9.78 Å². The normalized spacial score (nSPS) is 11.5. The number of carbonyl (C=O) groups excluding carboxylic acids is 2. The fourth-order valence-electron chi connectivity index (χ4n) is 2.51. The largest absolute Gasteiger partial charge is 0.497 e. The van der Waals surface area contributed by atoms with Gasteiger partial charge in [-0.05, 0) is 51.5 Å². The number of hydrogen-bond acceptors (Lipinski definition) is 6. The van der Waals surface area contributed by atoms with E-state index in [0.29, 0.717) is 23.0 Å². The maximum absolute atomic E-state index is 11.9. The molecule has 1 aromatic carbocycles. The predicted molar refractivity (Wildman–Crippen MR) is 110 cm³/mol. The second kappa shape index (κ2) is 9.60. The molecule has 0 atom stereocenters. The molecule has 2 rings (SSSR count). The minimum absolute atomic E-state index is 0.390. The molecule has 0 aliphatic heterocycles. The average Bonchev–Trinajstić information content (AvgIpc) is 2.90. The molecule has 1 aromatic heterocycles. The molecule has 156 valence electrons. The van der Waals surface area contributed by atoms with Crippen molar-refractivity contribution < 1.29 is 23.8 Å². The van der Waals surface area contributed by atoms with Gasteiger partial charge in [0.15, 0.2) is 6.61 Å². The summed E-state index contributed by atoms with van der Waals surface area (Å²) < 4.78 is 16.8. The molecule has 0 saturated carbocycles. The first-order valence-electron chi connectivity index (χ1n) is 9.01. The van der Waals surface area contributed by atoms with E-state index < -0.39 is 24.1 Å². The van der Waals surface area contributed by atoms with Crippen LogP contribution in [0.1, 0.15) is 37.6 Å². The third-order valence-electron chi connectivity index (χ3n) is 3.71. The van der Waals surface area contributed by atoms with Gasteiger partial charge in [-0.25, -0.2) is 14.3 Å². The molecule has 0 aliphatic carbocycles. The summed E-state index contributed by atoms with van der Waals surface area (Å²) in [5, 5.41) is 4.81. The van der Waals surface area contributed by atoms with Crippen molar-refractivity contribution >= 4 is 29.6 Å². The van der Waals surface area contributed by atoms with E-state index in [9.17, 15) is 9.59 Å². The van der Waals surface area contributed by atoms with Crippen LogP contribution < -0.4 is 4.74 Å². The van der Waals surface area contributed by atoms with Gasteiger partial charge in [0.1, 0.15) is 16.5 Å². The maximum Gasteiger partial charge on any atom is 0.344 e. The van der Waals surface area contributed by atoms with Gasteiger partial charge in [-0.3, -0.25) is 0 Å². The number of carbonyl (C=O) groups is 2. The Morgan fingerprint density at radius 2 is 2.00 bits per heavy atom. The zero-order valence-electron chi connectivity index (χ0n) is 17.2. The zero-order valence-corrected chi connectivity index (χ0v) is 17.9. The molecule has 7 nitrogen and oxygen atoms in total. The number of rotatable bonds is 7. The summed E-state index contributed by atoms with van der Waals surface area (Å²) in [6.45, 7) is 7.00. The summed E-state index contributed by atoms with van der Waals surface area (Å²) >= 11 is 6.43. The lowest BCUT2D eigenvalue weighted by atomic mass is 10.2. The van der Waals surface area contributed by atoms with Gasteiger partial charge in [0.25, 0.3) is 0 Å². The van der Waals surface area contributed by atoms with Crippen molar-refractivity contribution in [3.05, 3.63) is 52.3 Å². The number of benzene rings is 1. The molecular formula is C21H25ClN2O5. The second-order valence-corrected chi connectivity index (χ2v) is 7.68. The van der Waals surface area contributed by atoms with Gasteiger partial charge in [-0.1, -0.05) is 23.7 Å². The van der Waals surface area contributed by atoms with E-state index >= 15 is 0 Å². The molecule has 0 N–H and O–H groups in total. The van der Waals surface area contributed by atoms with Gasteiger partial charge >= 0.3 is 11.9 Å². The van der Waals surface area contributed by atoms with E-state index in [1.165, 1.54) is 12.2 Å². The van der Waals surface area contributed by atoms with Crippen LogP contribution in [0.3, 0.4) is 0 Å². The Morgan fingerprint density at radius 1 is 1.28 bits per heavy atom. The molecule has 29 heavy (non-hydrogen) atoms. The molecule has 2 aromatic rings. The zero-order chi connectivity index (χ0) is 21.6. The van der Waals surface area contributed by atoms with E-state index in [1.54, 1.807) is 39.5 Å². The van der Waals surface area contributed by atoms with Gasteiger partial charge < -0.3 is 14.2 Å². The summed E-state index contributed by atoms with van der Waals surface area (Å²) in [6, 6.07) is 7.59. The van der Waals surface area contributed by atoms with Crippen LogP contribution in [0.25, 0.3) is 6.08 Å². The van der Waals surface area contributed by atoms with Crippen LogP contribution in [0.15, 0.2) is 30.3 Å². The highest BCUT2D eigenvalue weighted by molar-refractivity contribution is 6.31. The third-order valence-corrected chi connectivity index (χ3v) is 4.11. The summed E-state index contributed by atoms with van der Waals surface area (Å²) in [5.41, 5.74) is 1.60. The molecule has 0 unspecified atom stereocenters. The highest BCUT2D eigenvalue weighted by atomic mass is 35.5. The molecule has 0 radical (unpaired) electrons. The van der Waals surface area contributed by atoms with Crippen LogP contribution in [0, 0.1) is 6.92 Å². The van der Waals surface area contributed by atoms with E-state index in [2.05, 4.69) is 5.10 Å². The number of halogens is 1. The Bertz CT molecular complexity index is 912. The van der Waals surface area contributed by atoms with Crippen molar-refractivity contribution in [3.8, 4) is 5.75 Å². The maximum atomic E-state index is 11.9. The van der Waals surface area contributed by atoms with Crippen molar-refractivity contribution in [2.45, 2.75) is 39.8 Å². The molecule has 0 amide bonds. The average molecular weight is 421 g/mol. The van der Waals surface area contributed by atoms with Gasteiger partial charge in [0.05, 0.1) is 19.3 Å². The standard InChI is InChI=1S/C21H25ClN2O5/c1-14-17(9-10-18(25)28-13-19(26)29-21(2,3)4)20(22)24(23-14)12-15-7-6-8-16(11-15)27-5/h6-11H,12-13H2,1-5H3/b10-9+. The van der Waals surface area contributed by atoms with Crippen LogP contribution in [-0.2, 0) is 25.6 Å². The number of esters is 2. The fourth-order valence-corrected chi connectivity index (χ4v) is 2.80. The smallest absolute Gasteiger partial charge is 0.344 e. The van der Waals surface area contributed by atoms with Gasteiger partial charge in [-0.2, -0.15) is 5.10 Å². The topological polar surface area (TPSA) is 79.7 Å². The van der Waals surface area contributed by atoms with Crippen molar-refractivity contribution in [2.24, 2.45) is 0 Å². The molecule has 0 aliphatic rings. The minimum atomic E-state index is -0.674. The minimum Gasteiger partial charge on any atom is -0.497 e. The molecular weight excluding hydrogens is 396 g/mol. The number of ether oxygens (including phenoxy) is 3. The van der Waals surface area contributed by atoms with E-state index in [1.807, 2.05) is 24.3 Å². The number of aromatic nitrogens is 2. The first-order chi connectivity index (χ1) is 13.6. The predicted octanol–water partition coefficient (Wildman–Crippen LogP) is 3.80. The molecule has 0 fully saturated rings. The lowest BCUT2D eigenvalue weighted by molar-refractivity contribution is -0.164. The Labute approximate surface area is 175 Å². The Morgan fingerprint density at radius 3 is 2.66 bits per heavy atom. The molecule has 1 heterocycles. The quantitative estimate of drug-likeness (QED) is 0.500. The van der Waals surface area contributed by atoms with Crippen LogP contribution in [-0.4, -0.2) is 41.0 Å². The molecule has 8 heteroatoms. The van der Waals surface area contributed by atoms with Gasteiger partial charge in [-0.15, -0.1) is 0 Å². The van der Waals surface area contributed by atoms with Crippen molar-refractivity contribution in [3.63, 3.8) is 0 Å². The summed E-state index contributed by atoms with van der Waals surface area (Å²) in [5.74, 6) is -0.540. The van der Waals surface area contributed by atoms with E-state index in [4.69, 9.17) is 25.8 Å². The first-order valence-corrected chi connectivity index (χ1v) is 9.39. The van der Waals surface area contributed by atoms with Crippen LogP contribution in [0.4, 0.5) is 0 Å². The Hall–Kier alpha value is -2.80. The van der Waals surface area contributed by atoms with E-state index in [-0.39, 0.29) is 0 Å². The molecule has 0 bridgehead atoms. The highest BCUT2D eigenvalue weighted by Crippen LogP contribution is 2.23. The second-order valence-electron chi connectivity index (χ2n) is 7.33. The number of aryl methyl sites for hydroxylation is 1. The fraction of sp³-hybridized carbons (Fsp3) is 0.381. The van der Waals surface area contributed by atoms with Crippen molar-refractivity contribution in [1.29, 1.82) is 0 Å². The SMILES string of the molecule is COc1cccc(Cn2nc(C)c(/C=C/C(=O)OCC(=O)OC(C)(C)C)c2Cl)c1. The molecule has 0 spiro atoms. The number of nitrogens with zero attached hydrogens (tertiary/aromatic N) is 2. The highest BCUT2D eigenvalue weighted by Gasteiger charge is 2.17. The monoisotopic (exact) mass is 420 g/mol. The summed E-state index contributed by atoms with van der Waals surface area (Å²) in [7, 11) is 1.61. The van der Waals surface area contributed by atoms with E-state index in [0.717, 1.165) is 11.3 Å². The Kier molecular flexibility index (Phi) is 7.45. The number of hydrogen-bond donors (Lipinski definition) is 0. The molecule has 0 saturated heterocycles. The van der Waals surface area contributed by atoms with Crippen LogP contribution in [0.2, 0.25) is 5.15 Å². The summed E-state index contributed by atoms with van der Waals surface area (Å²) in [6.07, 6.45) is 2.72. The van der Waals surface area contributed by atoms with Crippen LogP contribution in [0.5, 0.6) is 5.75 Å². The lowest BCUT2D eigenvalue weighted by Crippen LogP contribution is -2.27. The number of methoxy groups -OCH3 is 1. The third kappa shape index (κ3) is 6.94. The van der Waals surface area contributed by atoms with Gasteiger partial charge in [0.2, 0.25) is 0 Å². The Balaban J connectivity index is 2.02. The lowest BCUT2D eigenvalue weighted by Gasteiger charge is -2.19. The van der Waals surface area contributed by atoms with Crippen molar-refractivity contribution in [2.75, 3.05) is 13.7 Å². The van der Waals surface area contributed by atoms with Gasteiger partial charge in [0, 0.05) is 11.6 Å². The summed E-state index contributed by atoms with van der Waals surface area (Å²) in [4.78, 5) is 23.5. The first kappa shape index (κ1) is 22.5.